The second-order valence-corrected chi connectivity index (χ2v) is 5.57. The Balaban J connectivity index is 1.80. The minimum atomic E-state index is -0.473. The maximum absolute atomic E-state index is 12.2. The second kappa shape index (κ2) is 5.81. The van der Waals surface area contributed by atoms with E-state index in [4.69, 9.17) is 11.6 Å². The molecule has 3 rings (SSSR count). The highest BCUT2D eigenvalue weighted by molar-refractivity contribution is 6.33. The first-order valence-electron chi connectivity index (χ1n) is 6.98. The zero-order valence-corrected chi connectivity index (χ0v) is 12.7. The summed E-state index contributed by atoms with van der Waals surface area (Å²) in [5.41, 5.74) is 6.31. The Kier molecular flexibility index (Phi) is 3.85. The van der Waals surface area contributed by atoms with E-state index in [2.05, 4.69) is 16.0 Å². The summed E-state index contributed by atoms with van der Waals surface area (Å²) in [4.78, 5) is 23.8. The van der Waals surface area contributed by atoms with Crippen LogP contribution in [-0.2, 0) is 4.79 Å². The van der Waals surface area contributed by atoms with Crippen LogP contribution in [0.1, 0.15) is 28.9 Å². The molecule has 0 aliphatic heterocycles. The molecule has 1 heterocycles. The summed E-state index contributed by atoms with van der Waals surface area (Å²) in [5, 5.41) is 4.50. The average Bonchev–Trinajstić information content (AvgIpc) is 3.32. The molecule has 1 aromatic heterocycles. The maximum Gasteiger partial charge on any atom is 0.274 e. The molecule has 2 N–H and O–H groups in total. The smallest absolute Gasteiger partial charge is 0.273 e. The first-order chi connectivity index (χ1) is 10.6. The standard InChI is InChI=1S/C15H15ClN4O2/c1-9-12(15(22)18-17-14(21)10-7-8-10)13(16)20(19-9)11-5-3-2-4-6-11/h2-6,10H,7-8H2,1H3,(H,17,21)(H,18,22). The molecule has 1 saturated carbocycles. The Morgan fingerprint density at radius 3 is 2.55 bits per heavy atom. The summed E-state index contributed by atoms with van der Waals surface area (Å²) in [6.07, 6.45) is 1.74. The molecule has 1 fully saturated rings. The van der Waals surface area contributed by atoms with Gasteiger partial charge in [-0.15, -0.1) is 0 Å². The number of hydrogen-bond donors (Lipinski definition) is 2. The van der Waals surface area contributed by atoms with E-state index in [-0.39, 0.29) is 22.5 Å². The molecule has 1 aromatic carbocycles. The third kappa shape index (κ3) is 2.82. The van der Waals surface area contributed by atoms with Gasteiger partial charge in [-0.05, 0) is 31.9 Å². The number of hydrazine groups is 1. The minimum Gasteiger partial charge on any atom is -0.273 e. The fourth-order valence-electron chi connectivity index (χ4n) is 2.13. The lowest BCUT2D eigenvalue weighted by Gasteiger charge is -2.06. The summed E-state index contributed by atoms with van der Waals surface area (Å²) < 4.78 is 1.49. The first kappa shape index (κ1) is 14.6. The lowest BCUT2D eigenvalue weighted by molar-refractivity contribution is -0.123. The third-order valence-electron chi connectivity index (χ3n) is 3.48. The highest BCUT2D eigenvalue weighted by atomic mass is 35.5. The van der Waals surface area contributed by atoms with E-state index in [1.165, 1.54) is 4.68 Å². The van der Waals surface area contributed by atoms with Gasteiger partial charge in [0.1, 0.15) is 10.7 Å². The summed E-state index contributed by atoms with van der Waals surface area (Å²) in [6.45, 7) is 1.70. The molecule has 0 radical (unpaired) electrons. The lowest BCUT2D eigenvalue weighted by Crippen LogP contribution is -2.42. The molecule has 0 atom stereocenters. The predicted octanol–water partition coefficient (Wildman–Crippen LogP) is 2.01. The molecule has 0 saturated heterocycles. The van der Waals surface area contributed by atoms with E-state index in [9.17, 15) is 9.59 Å². The molecule has 2 aromatic rings. The molecule has 0 spiro atoms. The van der Waals surface area contributed by atoms with Crippen molar-refractivity contribution in [2.45, 2.75) is 19.8 Å². The number of carbonyl (C=O) groups is 2. The van der Waals surface area contributed by atoms with E-state index in [1.54, 1.807) is 6.92 Å². The van der Waals surface area contributed by atoms with E-state index < -0.39 is 5.91 Å². The van der Waals surface area contributed by atoms with E-state index in [0.717, 1.165) is 18.5 Å². The fourth-order valence-corrected chi connectivity index (χ4v) is 2.48. The summed E-state index contributed by atoms with van der Waals surface area (Å²) in [5.74, 6) is -0.625. The van der Waals surface area contributed by atoms with E-state index >= 15 is 0 Å². The third-order valence-corrected chi connectivity index (χ3v) is 3.83. The Bertz CT molecular complexity index is 723. The number of aromatic nitrogens is 2. The monoisotopic (exact) mass is 318 g/mol. The van der Waals surface area contributed by atoms with Gasteiger partial charge in [0, 0.05) is 5.92 Å². The number of carbonyl (C=O) groups excluding carboxylic acids is 2. The van der Waals surface area contributed by atoms with Crippen LogP contribution in [0.2, 0.25) is 5.15 Å². The number of rotatable bonds is 3. The quantitative estimate of drug-likeness (QED) is 0.850. The van der Waals surface area contributed by atoms with Crippen LogP contribution in [0, 0.1) is 12.8 Å². The van der Waals surface area contributed by atoms with Crippen LogP contribution in [0.3, 0.4) is 0 Å². The number of para-hydroxylation sites is 1. The molecular formula is C15H15ClN4O2. The largest absolute Gasteiger partial charge is 0.274 e. The highest BCUT2D eigenvalue weighted by Crippen LogP contribution is 2.28. The number of aryl methyl sites for hydroxylation is 1. The van der Waals surface area contributed by atoms with Gasteiger partial charge in [-0.1, -0.05) is 29.8 Å². The molecule has 7 heteroatoms. The van der Waals surface area contributed by atoms with Gasteiger partial charge >= 0.3 is 0 Å². The van der Waals surface area contributed by atoms with Gasteiger partial charge in [0.15, 0.2) is 0 Å². The van der Waals surface area contributed by atoms with E-state index in [0.29, 0.717) is 5.69 Å². The molecule has 22 heavy (non-hydrogen) atoms. The van der Waals surface area contributed by atoms with Crippen molar-refractivity contribution in [2.24, 2.45) is 5.92 Å². The number of amides is 2. The SMILES string of the molecule is Cc1nn(-c2ccccc2)c(Cl)c1C(=O)NNC(=O)C1CC1. The van der Waals surface area contributed by atoms with Gasteiger partial charge in [-0.25, -0.2) is 4.68 Å². The van der Waals surface area contributed by atoms with Crippen molar-refractivity contribution in [2.75, 3.05) is 0 Å². The van der Waals surface area contributed by atoms with Crippen molar-refractivity contribution in [3.05, 3.63) is 46.7 Å². The second-order valence-electron chi connectivity index (χ2n) is 5.22. The number of hydrogen-bond acceptors (Lipinski definition) is 3. The number of nitrogens with one attached hydrogen (secondary N) is 2. The molecule has 2 amide bonds. The summed E-state index contributed by atoms with van der Waals surface area (Å²) >= 11 is 6.28. The zero-order valence-electron chi connectivity index (χ0n) is 12.0. The van der Waals surface area contributed by atoms with Gasteiger partial charge in [-0.2, -0.15) is 5.10 Å². The van der Waals surface area contributed by atoms with Gasteiger partial charge in [0.25, 0.3) is 5.91 Å². The van der Waals surface area contributed by atoms with Crippen LogP contribution in [0.4, 0.5) is 0 Å². The van der Waals surface area contributed by atoms with Crippen LogP contribution >= 0.6 is 11.6 Å². The van der Waals surface area contributed by atoms with Crippen molar-refractivity contribution in [3.8, 4) is 5.69 Å². The van der Waals surface area contributed by atoms with Gasteiger partial charge in [0.05, 0.1) is 11.4 Å². The topological polar surface area (TPSA) is 76.0 Å². The molecule has 1 aliphatic carbocycles. The Morgan fingerprint density at radius 2 is 1.91 bits per heavy atom. The molecule has 114 valence electrons. The van der Waals surface area contributed by atoms with Crippen LogP contribution in [0.15, 0.2) is 30.3 Å². The van der Waals surface area contributed by atoms with Gasteiger partial charge < -0.3 is 0 Å². The molecule has 0 unspecified atom stereocenters. The van der Waals surface area contributed by atoms with Gasteiger partial charge in [-0.3, -0.25) is 20.4 Å². The number of nitrogens with zero attached hydrogens (tertiary/aromatic N) is 2. The molecule has 0 bridgehead atoms. The number of benzene rings is 1. The van der Waals surface area contributed by atoms with Crippen molar-refractivity contribution in [1.29, 1.82) is 0 Å². The maximum atomic E-state index is 12.2. The number of halogens is 1. The first-order valence-corrected chi connectivity index (χ1v) is 7.36. The van der Waals surface area contributed by atoms with Crippen LogP contribution < -0.4 is 10.9 Å². The Labute approximate surface area is 132 Å². The molecular weight excluding hydrogens is 304 g/mol. The average molecular weight is 319 g/mol. The highest BCUT2D eigenvalue weighted by Gasteiger charge is 2.30. The minimum absolute atomic E-state index is 0.0175. The summed E-state index contributed by atoms with van der Waals surface area (Å²) in [6, 6.07) is 9.29. The van der Waals surface area contributed by atoms with Crippen molar-refractivity contribution in [1.82, 2.24) is 20.6 Å². The van der Waals surface area contributed by atoms with Crippen LogP contribution in [0.25, 0.3) is 5.69 Å². The Hall–Kier alpha value is -2.34. The normalized spacial score (nSPS) is 13.7. The van der Waals surface area contributed by atoms with Crippen molar-refractivity contribution < 1.29 is 9.59 Å². The van der Waals surface area contributed by atoms with Crippen molar-refractivity contribution in [3.63, 3.8) is 0 Å². The van der Waals surface area contributed by atoms with Gasteiger partial charge in [0.2, 0.25) is 5.91 Å². The Morgan fingerprint density at radius 1 is 1.23 bits per heavy atom. The molecule has 1 aliphatic rings. The van der Waals surface area contributed by atoms with Crippen molar-refractivity contribution >= 4 is 23.4 Å². The zero-order chi connectivity index (χ0) is 15.7. The van der Waals surface area contributed by atoms with E-state index in [1.807, 2.05) is 30.3 Å². The van der Waals surface area contributed by atoms with Crippen LogP contribution in [-0.4, -0.2) is 21.6 Å². The molecule has 6 nitrogen and oxygen atoms in total. The van der Waals surface area contributed by atoms with Crippen LogP contribution in [0.5, 0.6) is 0 Å². The summed E-state index contributed by atoms with van der Waals surface area (Å²) in [7, 11) is 0. The lowest BCUT2D eigenvalue weighted by atomic mass is 10.2. The fraction of sp³-hybridized carbons (Fsp3) is 0.267. The predicted molar refractivity (Wildman–Crippen MR) is 81.6 cm³/mol.